The predicted octanol–water partition coefficient (Wildman–Crippen LogP) is 1.81. The normalized spacial score (nSPS) is 21.9. The lowest BCUT2D eigenvalue weighted by atomic mass is 9.89. The topological polar surface area (TPSA) is 55.1 Å². The Hall–Kier alpha value is -0.570. The van der Waals surface area contributed by atoms with Crippen molar-refractivity contribution in [1.82, 2.24) is 5.32 Å². The molecular formula is C12H24N2O. The zero-order valence-corrected chi connectivity index (χ0v) is 10.2. The minimum Gasteiger partial charge on any atom is -0.368 e. The summed E-state index contributed by atoms with van der Waals surface area (Å²) in [4.78, 5) is 11.5. The Morgan fingerprint density at radius 3 is 2.40 bits per heavy atom. The molecule has 15 heavy (non-hydrogen) atoms. The van der Waals surface area contributed by atoms with E-state index < -0.39 is 5.54 Å². The maximum Gasteiger partial charge on any atom is 0.237 e. The lowest BCUT2D eigenvalue weighted by Gasteiger charge is -2.32. The molecule has 1 atom stereocenters. The first-order valence-electron chi connectivity index (χ1n) is 6.01. The van der Waals surface area contributed by atoms with Gasteiger partial charge in [-0.25, -0.2) is 0 Å². The van der Waals surface area contributed by atoms with Crippen LogP contribution in [0.15, 0.2) is 0 Å². The number of hydrogen-bond acceptors (Lipinski definition) is 2. The van der Waals surface area contributed by atoms with Gasteiger partial charge in [-0.3, -0.25) is 4.79 Å². The van der Waals surface area contributed by atoms with Gasteiger partial charge in [0.2, 0.25) is 5.91 Å². The summed E-state index contributed by atoms with van der Waals surface area (Å²) < 4.78 is 0. The molecule has 3 heteroatoms. The molecule has 0 spiro atoms. The van der Waals surface area contributed by atoms with Crippen molar-refractivity contribution >= 4 is 5.91 Å². The van der Waals surface area contributed by atoms with E-state index in [1.165, 1.54) is 25.7 Å². The Morgan fingerprint density at radius 1 is 1.47 bits per heavy atom. The summed E-state index contributed by atoms with van der Waals surface area (Å²) in [5.41, 5.74) is 4.97. The van der Waals surface area contributed by atoms with Crippen LogP contribution in [0.4, 0.5) is 0 Å². The Kier molecular flexibility index (Phi) is 4.14. The van der Waals surface area contributed by atoms with Crippen LogP contribution < -0.4 is 11.1 Å². The fourth-order valence-corrected chi connectivity index (χ4v) is 2.57. The molecule has 0 aromatic carbocycles. The average molecular weight is 212 g/mol. The van der Waals surface area contributed by atoms with E-state index in [-0.39, 0.29) is 5.91 Å². The number of nitrogens with two attached hydrogens (primary N) is 1. The van der Waals surface area contributed by atoms with Crippen molar-refractivity contribution in [3.8, 4) is 0 Å². The van der Waals surface area contributed by atoms with Gasteiger partial charge in [0.1, 0.15) is 0 Å². The van der Waals surface area contributed by atoms with Crippen molar-refractivity contribution in [3.05, 3.63) is 0 Å². The van der Waals surface area contributed by atoms with E-state index in [1.807, 2.05) is 6.92 Å². The van der Waals surface area contributed by atoms with Crippen LogP contribution in [0, 0.1) is 5.92 Å². The maximum absolute atomic E-state index is 11.5. The highest BCUT2D eigenvalue weighted by atomic mass is 16.1. The van der Waals surface area contributed by atoms with Gasteiger partial charge in [-0.1, -0.05) is 26.7 Å². The first-order valence-corrected chi connectivity index (χ1v) is 6.01. The molecule has 1 aliphatic rings. The van der Waals surface area contributed by atoms with E-state index in [2.05, 4.69) is 19.2 Å². The van der Waals surface area contributed by atoms with Gasteiger partial charge < -0.3 is 11.1 Å². The van der Waals surface area contributed by atoms with Gasteiger partial charge in [-0.2, -0.15) is 0 Å². The summed E-state index contributed by atoms with van der Waals surface area (Å²) in [5, 5.41) is 3.45. The summed E-state index contributed by atoms with van der Waals surface area (Å²) in [6, 6.07) is 0.487. The molecule has 1 saturated carbocycles. The molecule has 1 amide bonds. The van der Waals surface area contributed by atoms with E-state index in [0.29, 0.717) is 12.0 Å². The Labute approximate surface area is 92.8 Å². The van der Waals surface area contributed by atoms with Crippen LogP contribution in [-0.2, 0) is 4.79 Å². The Morgan fingerprint density at radius 2 is 2.00 bits per heavy atom. The van der Waals surface area contributed by atoms with Gasteiger partial charge in [0.15, 0.2) is 0 Å². The van der Waals surface area contributed by atoms with Crippen molar-refractivity contribution in [3.63, 3.8) is 0 Å². The summed E-state index contributed by atoms with van der Waals surface area (Å²) >= 11 is 0. The lowest BCUT2D eigenvalue weighted by molar-refractivity contribution is -0.124. The number of carbonyl (C=O) groups is 1. The van der Waals surface area contributed by atoms with Crippen LogP contribution in [0.3, 0.4) is 0 Å². The number of primary amides is 1. The fraction of sp³-hybridized carbons (Fsp3) is 0.917. The third-order valence-electron chi connectivity index (χ3n) is 3.24. The molecule has 0 heterocycles. The second kappa shape index (κ2) is 4.97. The molecule has 0 bridgehead atoms. The third kappa shape index (κ3) is 3.49. The maximum atomic E-state index is 11.5. The molecule has 0 saturated heterocycles. The fourth-order valence-electron chi connectivity index (χ4n) is 2.57. The molecule has 1 unspecified atom stereocenters. The highest BCUT2D eigenvalue weighted by Gasteiger charge is 2.34. The van der Waals surface area contributed by atoms with Gasteiger partial charge in [0.05, 0.1) is 5.54 Å². The lowest BCUT2D eigenvalue weighted by Crippen LogP contribution is -2.56. The Balaban J connectivity index is 2.59. The standard InChI is InChI=1S/C12H24N2O/c1-9(2)8-12(3,11(13)15)14-10-6-4-5-7-10/h9-10,14H,4-8H2,1-3H3,(H2,13,15). The SMILES string of the molecule is CC(C)CC(C)(NC1CCCC1)C(N)=O. The Bertz CT molecular complexity index is 222. The number of hydrogen-bond donors (Lipinski definition) is 2. The van der Waals surface area contributed by atoms with Crippen LogP contribution in [0.5, 0.6) is 0 Å². The van der Waals surface area contributed by atoms with Gasteiger partial charge >= 0.3 is 0 Å². The van der Waals surface area contributed by atoms with E-state index in [4.69, 9.17) is 5.73 Å². The number of nitrogens with one attached hydrogen (secondary N) is 1. The molecule has 0 aliphatic heterocycles. The smallest absolute Gasteiger partial charge is 0.237 e. The van der Waals surface area contributed by atoms with Crippen LogP contribution in [0.25, 0.3) is 0 Å². The zero-order valence-electron chi connectivity index (χ0n) is 10.2. The third-order valence-corrected chi connectivity index (χ3v) is 3.24. The molecule has 0 aromatic rings. The van der Waals surface area contributed by atoms with E-state index in [9.17, 15) is 4.79 Å². The molecule has 0 aromatic heterocycles. The molecule has 1 fully saturated rings. The van der Waals surface area contributed by atoms with E-state index in [0.717, 1.165) is 6.42 Å². The predicted molar refractivity (Wildman–Crippen MR) is 62.4 cm³/mol. The van der Waals surface area contributed by atoms with Crippen molar-refractivity contribution < 1.29 is 4.79 Å². The molecule has 1 aliphatic carbocycles. The second-order valence-corrected chi connectivity index (χ2v) is 5.42. The van der Waals surface area contributed by atoms with Crippen molar-refractivity contribution in [2.75, 3.05) is 0 Å². The summed E-state index contributed by atoms with van der Waals surface area (Å²) in [6.07, 6.45) is 5.73. The average Bonchev–Trinajstić information content (AvgIpc) is 2.54. The van der Waals surface area contributed by atoms with Gasteiger partial charge in [0.25, 0.3) is 0 Å². The quantitative estimate of drug-likeness (QED) is 0.730. The van der Waals surface area contributed by atoms with Gasteiger partial charge in [0, 0.05) is 6.04 Å². The van der Waals surface area contributed by atoms with Crippen molar-refractivity contribution in [2.45, 2.75) is 64.5 Å². The van der Waals surface area contributed by atoms with Crippen LogP contribution >= 0.6 is 0 Å². The molecule has 3 N–H and O–H groups in total. The highest BCUT2D eigenvalue weighted by molar-refractivity contribution is 5.84. The first kappa shape index (κ1) is 12.5. The summed E-state index contributed by atoms with van der Waals surface area (Å²) in [6.45, 7) is 6.18. The second-order valence-electron chi connectivity index (χ2n) is 5.42. The van der Waals surface area contributed by atoms with Crippen LogP contribution in [0.2, 0.25) is 0 Å². The van der Waals surface area contributed by atoms with E-state index >= 15 is 0 Å². The van der Waals surface area contributed by atoms with Gasteiger partial charge in [-0.15, -0.1) is 0 Å². The highest BCUT2D eigenvalue weighted by Crippen LogP contribution is 2.23. The minimum absolute atomic E-state index is 0.219. The molecule has 0 radical (unpaired) electrons. The number of carbonyl (C=O) groups excluding carboxylic acids is 1. The van der Waals surface area contributed by atoms with Gasteiger partial charge in [-0.05, 0) is 32.1 Å². The molecule has 3 nitrogen and oxygen atoms in total. The number of rotatable bonds is 5. The van der Waals surface area contributed by atoms with Crippen molar-refractivity contribution in [1.29, 1.82) is 0 Å². The number of amides is 1. The summed E-state index contributed by atoms with van der Waals surface area (Å²) in [7, 11) is 0. The molecular weight excluding hydrogens is 188 g/mol. The molecule has 1 rings (SSSR count). The largest absolute Gasteiger partial charge is 0.368 e. The minimum atomic E-state index is -0.525. The first-order chi connectivity index (χ1) is 6.94. The van der Waals surface area contributed by atoms with Crippen molar-refractivity contribution in [2.24, 2.45) is 11.7 Å². The monoisotopic (exact) mass is 212 g/mol. The van der Waals surface area contributed by atoms with E-state index in [1.54, 1.807) is 0 Å². The summed E-state index contributed by atoms with van der Waals surface area (Å²) in [5.74, 6) is 0.263. The zero-order chi connectivity index (χ0) is 11.5. The van der Waals surface area contributed by atoms with Crippen LogP contribution in [-0.4, -0.2) is 17.5 Å². The molecule has 88 valence electrons. The van der Waals surface area contributed by atoms with Crippen LogP contribution in [0.1, 0.15) is 52.9 Å².